The predicted octanol–water partition coefficient (Wildman–Crippen LogP) is 5.21. The highest BCUT2D eigenvalue weighted by molar-refractivity contribution is 7.92. The number of hydrogen-bond acceptors (Lipinski definition) is 6. The van der Waals surface area contributed by atoms with Crippen molar-refractivity contribution >= 4 is 27.5 Å². The van der Waals surface area contributed by atoms with Crippen molar-refractivity contribution in [3.05, 3.63) is 83.7 Å². The molecular formula is C33H40FN3O6S. The lowest BCUT2D eigenvalue weighted by atomic mass is 9.95. The fourth-order valence-corrected chi connectivity index (χ4v) is 6.71. The van der Waals surface area contributed by atoms with Gasteiger partial charge in [0.2, 0.25) is 11.8 Å². The Morgan fingerprint density at radius 1 is 0.932 bits per heavy atom. The van der Waals surface area contributed by atoms with Crippen LogP contribution in [0.25, 0.3) is 0 Å². The molecule has 44 heavy (non-hydrogen) atoms. The second-order valence-electron chi connectivity index (χ2n) is 11.0. The van der Waals surface area contributed by atoms with Gasteiger partial charge in [-0.2, -0.15) is 0 Å². The zero-order valence-electron chi connectivity index (χ0n) is 25.6. The number of nitrogens with zero attached hydrogens (tertiary/aromatic N) is 2. The summed E-state index contributed by atoms with van der Waals surface area (Å²) in [5.41, 5.74) is 1.79. The van der Waals surface area contributed by atoms with Gasteiger partial charge in [0.05, 0.1) is 24.8 Å². The molecule has 0 aromatic heterocycles. The predicted molar refractivity (Wildman–Crippen MR) is 167 cm³/mol. The highest BCUT2D eigenvalue weighted by Crippen LogP contribution is 2.32. The molecule has 1 N–H and O–H groups in total. The quantitative estimate of drug-likeness (QED) is 0.296. The van der Waals surface area contributed by atoms with Gasteiger partial charge in [-0.3, -0.25) is 13.9 Å². The molecule has 0 saturated heterocycles. The van der Waals surface area contributed by atoms with Gasteiger partial charge in [-0.25, -0.2) is 12.8 Å². The smallest absolute Gasteiger partial charge is 0.264 e. The number of nitrogens with one attached hydrogen (secondary N) is 1. The van der Waals surface area contributed by atoms with Gasteiger partial charge >= 0.3 is 0 Å². The second-order valence-corrected chi connectivity index (χ2v) is 12.9. The van der Waals surface area contributed by atoms with Crippen molar-refractivity contribution in [2.75, 3.05) is 25.1 Å². The van der Waals surface area contributed by atoms with E-state index in [0.717, 1.165) is 42.0 Å². The summed E-state index contributed by atoms with van der Waals surface area (Å²) in [6.45, 7) is 2.90. The van der Waals surface area contributed by atoms with Crippen molar-refractivity contribution in [2.45, 2.75) is 69.5 Å². The van der Waals surface area contributed by atoms with E-state index in [0.29, 0.717) is 11.3 Å². The summed E-state index contributed by atoms with van der Waals surface area (Å²) in [7, 11) is -1.45. The van der Waals surface area contributed by atoms with Crippen LogP contribution in [-0.2, 0) is 26.2 Å². The summed E-state index contributed by atoms with van der Waals surface area (Å²) in [6.07, 6.45) is 4.92. The number of halogens is 1. The van der Waals surface area contributed by atoms with Gasteiger partial charge in [-0.05, 0) is 68.7 Å². The average Bonchev–Trinajstić information content (AvgIpc) is 3.03. The summed E-state index contributed by atoms with van der Waals surface area (Å²) in [4.78, 5) is 28.8. The molecule has 0 spiro atoms. The van der Waals surface area contributed by atoms with E-state index in [-0.39, 0.29) is 34.8 Å². The maximum atomic E-state index is 14.1. The summed E-state index contributed by atoms with van der Waals surface area (Å²) in [5.74, 6) is -0.772. The van der Waals surface area contributed by atoms with Crippen molar-refractivity contribution < 1.29 is 31.9 Å². The van der Waals surface area contributed by atoms with Crippen LogP contribution in [0.5, 0.6) is 11.5 Å². The SMILES string of the molecule is COc1ccc(S(=O)(=O)N(CC(=O)N(Cc2ccc(F)cc2)[C@@H](C)C(=O)NC2CCCCC2)c2ccc(C)cc2)cc1OC. The number of anilines is 1. The number of ether oxygens (including phenoxy) is 2. The number of benzene rings is 3. The van der Waals surface area contributed by atoms with Gasteiger partial charge in [0.25, 0.3) is 10.0 Å². The van der Waals surface area contributed by atoms with E-state index < -0.39 is 34.3 Å². The molecule has 9 nitrogen and oxygen atoms in total. The van der Waals surface area contributed by atoms with Gasteiger partial charge in [0.15, 0.2) is 11.5 Å². The fraction of sp³-hybridized carbons (Fsp3) is 0.394. The molecule has 4 rings (SSSR count). The van der Waals surface area contributed by atoms with Crippen molar-refractivity contribution in [1.82, 2.24) is 10.2 Å². The highest BCUT2D eigenvalue weighted by Gasteiger charge is 2.33. The molecular weight excluding hydrogens is 585 g/mol. The van der Waals surface area contributed by atoms with Crippen LogP contribution < -0.4 is 19.1 Å². The lowest BCUT2D eigenvalue weighted by Crippen LogP contribution is -2.53. The average molecular weight is 626 g/mol. The first-order valence-corrected chi connectivity index (χ1v) is 16.1. The number of carbonyl (C=O) groups excluding carboxylic acids is 2. The normalized spacial score (nSPS) is 14.4. The minimum Gasteiger partial charge on any atom is -0.493 e. The third kappa shape index (κ3) is 7.88. The standard InChI is InChI=1S/C33H40FN3O6S/c1-23-10-16-28(17-11-23)37(44(40,41)29-18-19-30(42-3)31(20-29)43-4)22-32(38)36(21-25-12-14-26(34)15-13-25)24(2)33(39)35-27-8-6-5-7-9-27/h10-20,24,27H,5-9,21-22H2,1-4H3,(H,35,39)/t24-/m0/s1. The molecule has 0 heterocycles. The Morgan fingerprint density at radius 2 is 1.57 bits per heavy atom. The Bertz CT molecular complexity index is 1540. The molecule has 2 amide bonds. The van der Waals surface area contributed by atoms with Crippen LogP contribution in [0, 0.1) is 12.7 Å². The van der Waals surface area contributed by atoms with Crippen molar-refractivity contribution in [3.8, 4) is 11.5 Å². The summed E-state index contributed by atoms with van der Waals surface area (Å²) in [6, 6.07) is 15.7. The second kappa shape index (κ2) is 14.6. The Balaban J connectivity index is 1.70. The van der Waals surface area contributed by atoms with Crippen LogP contribution in [-0.4, -0.2) is 58.0 Å². The van der Waals surface area contributed by atoms with Crippen LogP contribution >= 0.6 is 0 Å². The maximum Gasteiger partial charge on any atom is 0.264 e. The topological polar surface area (TPSA) is 105 Å². The zero-order chi connectivity index (χ0) is 31.9. The largest absolute Gasteiger partial charge is 0.493 e. The van der Waals surface area contributed by atoms with Crippen molar-refractivity contribution in [1.29, 1.82) is 0 Å². The first-order valence-electron chi connectivity index (χ1n) is 14.7. The summed E-state index contributed by atoms with van der Waals surface area (Å²) >= 11 is 0. The van der Waals surface area contributed by atoms with E-state index >= 15 is 0 Å². The van der Waals surface area contributed by atoms with E-state index in [1.54, 1.807) is 43.3 Å². The summed E-state index contributed by atoms with van der Waals surface area (Å²) in [5, 5.41) is 3.07. The zero-order valence-corrected chi connectivity index (χ0v) is 26.4. The Hall–Kier alpha value is -4.12. The number of rotatable bonds is 12. The van der Waals surface area contributed by atoms with Gasteiger partial charge < -0.3 is 19.7 Å². The summed E-state index contributed by atoms with van der Waals surface area (Å²) < 4.78 is 53.6. The number of hydrogen-bond donors (Lipinski definition) is 1. The van der Waals surface area contributed by atoms with Crippen LogP contribution in [0.2, 0.25) is 0 Å². The van der Waals surface area contributed by atoms with Gasteiger partial charge in [-0.15, -0.1) is 0 Å². The molecule has 0 radical (unpaired) electrons. The number of methoxy groups -OCH3 is 2. The third-order valence-corrected chi connectivity index (χ3v) is 9.70. The minimum absolute atomic E-state index is 0.0174. The van der Waals surface area contributed by atoms with E-state index in [1.807, 2.05) is 6.92 Å². The molecule has 0 bridgehead atoms. The van der Waals surface area contributed by atoms with Gasteiger partial charge in [0, 0.05) is 18.7 Å². The van der Waals surface area contributed by atoms with Crippen LogP contribution in [0.4, 0.5) is 10.1 Å². The molecule has 1 atom stereocenters. The van der Waals surface area contributed by atoms with E-state index in [4.69, 9.17) is 9.47 Å². The van der Waals surface area contributed by atoms with Crippen LogP contribution in [0.1, 0.15) is 50.2 Å². The number of sulfonamides is 1. The minimum atomic E-state index is -4.30. The third-order valence-electron chi connectivity index (χ3n) is 7.93. The molecule has 1 aliphatic rings. The van der Waals surface area contributed by atoms with E-state index in [1.165, 1.54) is 49.5 Å². The molecule has 3 aromatic carbocycles. The molecule has 3 aromatic rings. The van der Waals surface area contributed by atoms with E-state index in [9.17, 15) is 22.4 Å². The molecule has 1 aliphatic carbocycles. The molecule has 0 aliphatic heterocycles. The first kappa shape index (κ1) is 32.8. The number of aryl methyl sites for hydroxylation is 1. The Labute approximate surface area is 259 Å². The van der Waals surface area contributed by atoms with Gasteiger partial charge in [-0.1, -0.05) is 49.1 Å². The monoisotopic (exact) mass is 625 g/mol. The Morgan fingerprint density at radius 3 is 2.18 bits per heavy atom. The maximum absolute atomic E-state index is 14.1. The first-order chi connectivity index (χ1) is 21.0. The molecule has 1 saturated carbocycles. The Kier molecular flexibility index (Phi) is 10.9. The van der Waals surface area contributed by atoms with Crippen LogP contribution in [0.3, 0.4) is 0 Å². The van der Waals surface area contributed by atoms with Crippen molar-refractivity contribution in [2.24, 2.45) is 0 Å². The number of amides is 2. The molecule has 11 heteroatoms. The van der Waals surface area contributed by atoms with E-state index in [2.05, 4.69) is 5.32 Å². The molecule has 0 unspecified atom stereocenters. The molecule has 1 fully saturated rings. The van der Waals surface area contributed by atoms with Crippen LogP contribution in [0.15, 0.2) is 71.6 Å². The van der Waals surface area contributed by atoms with Crippen molar-refractivity contribution in [3.63, 3.8) is 0 Å². The lowest BCUT2D eigenvalue weighted by molar-refractivity contribution is -0.139. The highest BCUT2D eigenvalue weighted by atomic mass is 32.2. The molecule has 236 valence electrons. The number of carbonyl (C=O) groups is 2. The van der Waals surface area contributed by atoms with Gasteiger partial charge in [0.1, 0.15) is 18.4 Å². The lowest BCUT2D eigenvalue weighted by Gasteiger charge is -2.33. The fourth-order valence-electron chi connectivity index (χ4n) is 5.28.